The molecule has 24 heavy (non-hydrogen) atoms. The van der Waals surface area contributed by atoms with Gasteiger partial charge < -0.3 is 16.2 Å². The SMILES string of the molecule is CCC(C)C(N)C(=O)Nc1cc(S(=O)(=O)N2CCCC2)ccc1O. The summed E-state index contributed by atoms with van der Waals surface area (Å²) in [6.45, 7) is 4.77. The molecule has 1 heterocycles. The van der Waals surface area contributed by atoms with Gasteiger partial charge in [0.25, 0.3) is 0 Å². The minimum atomic E-state index is -3.62. The first kappa shape index (κ1) is 18.7. The number of rotatable bonds is 6. The molecule has 1 saturated heterocycles. The van der Waals surface area contributed by atoms with Gasteiger partial charge in [0.1, 0.15) is 5.75 Å². The van der Waals surface area contributed by atoms with Crippen LogP contribution < -0.4 is 11.1 Å². The van der Waals surface area contributed by atoms with Crippen LogP contribution in [0.3, 0.4) is 0 Å². The van der Waals surface area contributed by atoms with Gasteiger partial charge in [0.15, 0.2) is 0 Å². The van der Waals surface area contributed by atoms with Gasteiger partial charge in [-0.05, 0) is 37.0 Å². The minimum absolute atomic E-state index is 0.0244. The van der Waals surface area contributed by atoms with Crippen molar-refractivity contribution in [1.29, 1.82) is 0 Å². The molecule has 4 N–H and O–H groups in total. The van der Waals surface area contributed by atoms with Gasteiger partial charge in [-0.25, -0.2) is 8.42 Å². The first-order valence-electron chi connectivity index (χ1n) is 8.17. The van der Waals surface area contributed by atoms with Gasteiger partial charge in [0.05, 0.1) is 16.6 Å². The highest BCUT2D eigenvalue weighted by atomic mass is 32.2. The molecule has 0 aliphatic carbocycles. The van der Waals surface area contributed by atoms with Crippen LogP contribution >= 0.6 is 0 Å². The molecule has 0 radical (unpaired) electrons. The van der Waals surface area contributed by atoms with Crippen molar-refractivity contribution in [1.82, 2.24) is 4.31 Å². The Morgan fingerprint density at radius 2 is 2.00 bits per heavy atom. The molecule has 2 atom stereocenters. The molecule has 1 aliphatic heterocycles. The average molecular weight is 355 g/mol. The van der Waals surface area contributed by atoms with Gasteiger partial charge >= 0.3 is 0 Å². The van der Waals surface area contributed by atoms with E-state index >= 15 is 0 Å². The Kier molecular flexibility index (Phi) is 5.84. The van der Waals surface area contributed by atoms with E-state index in [-0.39, 0.29) is 22.3 Å². The normalized spacial score (nSPS) is 18.3. The maximum absolute atomic E-state index is 12.6. The van der Waals surface area contributed by atoms with Crippen LogP contribution in [0.5, 0.6) is 5.75 Å². The molecule has 134 valence electrons. The van der Waals surface area contributed by atoms with Crippen LogP contribution in [0.25, 0.3) is 0 Å². The quantitative estimate of drug-likeness (QED) is 0.669. The zero-order chi connectivity index (χ0) is 17.9. The molecule has 2 unspecified atom stereocenters. The van der Waals surface area contributed by atoms with Gasteiger partial charge in [-0.2, -0.15) is 4.31 Å². The number of sulfonamides is 1. The molecule has 8 heteroatoms. The average Bonchev–Trinajstić information content (AvgIpc) is 3.10. The number of nitrogens with two attached hydrogens (primary N) is 1. The Morgan fingerprint density at radius 3 is 2.58 bits per heavy atom. The second kappa shape index (κ2) is 7.50. The second-order valence-corrected chi connectivity index (χ2v) is 8.13. The van der Waals surface area contributed by atoms with E-state index in [1.807, 2.05) is 13.8 Å². The Morgan fingerprint density at radius 1 is 1.38 bits per heavy atom. The van der Waals surface area contributed by atoms with Crippen LogP contribution in [-0.4, -0.2) is 42.9 Å². The number of amides is 1. The number of phenolic OH excluding ortho intramolecular Hbond substituents is 1. The molecule has 0 saturated carbocycles. The molecular formula is C16H25N3O4S. The Labute approximate surface area is 142 Å². The summed E-state index contributed by atoms with van der Waals surface area (Å²) in [5, 5.41) is 12.5. The van der Waals surface area contributed by atoms with Gasteiger partial charge in [-0.15, -0.1) is 0 Å². The molecule has 1 amide bonds. The minimum Gasteiger partial charge on any atom is -0.506 e. The number of hydrogen-bond acceptors (Lipinski definition) is 5. The lowest BCUT2D eigenvalue weighted by molar-refractivity contribution is -0.118. The van der Waals surface area contributed by atoms with Gasteiger partial charge in [0.2, 0.25) is 15.9 Å². The van der Waals surface area contributed by atoms with Crippen LogP contribution in [-0.2, 0) is 14.8 Å². The van der Waals surface area contributed by atoms with Crippen molar-refractivity contribution in [2.45, 2.75) is 44.0 Å². The van der Waals surface area contributed by atoms with Crippen molar-refractivity contribution in [3.63, 3.8) is 0 Å². The molecular weight excluding hydrogens is 330 g/mol. The zero-order valence-corrected chi connectivity index (χ0v) is 14.8. The van der Waals surface area contributed by atoms with Crippen molar-refractivity contribution in [2.75, 3.05) is 18.4 Å². The molecule has 1 aromatic carbocycles. The van der Waals surface area contributed by atoms with E-state index in [0.29, 0.717) is 13.1 Å². The summed E-state index contributed by atoms with van der Waals surface area (Å²) < 4.78 is 26.6. The Hall–Kier alpha value is -1.64. The standard InChI is InChI=1S/C16H25N3O4S/c1-3-11(2)15(17)16(21)18-13-10-12(6-7-14(13)20)24(22,23)19-8-4-5-9-19/h6-7,10-11,15,20H,3-5,8-9,17H2,1-2H3,(H,18,21). The molecule has 1 aliphatic rings. The molecule has 0 bridgehead atoms. The predicted molar refractivity (Wildman–Crippen MR) is 92.2 cm³/mol. The van der Waals surface area contributed by atoms with E-state index in [0.717, 1.165) is 19.3 Å². The maximum Gasteiger partial charge on any atom is 0.243 e. The van der Waals surface area contributed by atoms with Crippen LogP contribution in [0.15, 0.2) is 23.1 Å². The van der Waals surface area contributed by atoms with Crippen LogP contribution in [0, 0.1) is 5.92 Å². The molecule has 1 fully saturated rings. The van der Waals surface area contributed by atoms with Crippen LogP contribution in [0.4, 0.5) is 5.69 Å². The fourth-order valence-electron chi connectivity index (χ4n) is 2.58. The maximum atomic E-state index is 12.6. The summed E-state index contributed by atoms with van der Waals surface area (Å²) in [5.74, 6) is -0.667. The summed E-state index contributed by atoms with van der Waals surface area (Å²) in [6, 6.07) is 3.17. The van der Waals surface area contributed by atoms with Gasteiger partial charge in [-0.1, -0.05) is 20.3 Å². The zero-order valence-electron chi connectivity index (χ0n) is 14.0. The monoisotopic (exact) mass is 355 g/mol. The first-order valence-corrected chi connectivity index (χ1v) is 9.61. The van der Waals surface area contributed by atoms with Crippen molar-refractivity contribution in [2.24, 2.45) is 11.7 Å². The first-order chi connectivity index (χ1) is 11.3. The van der Waals surface area contributed by atoms with Crippen molar-refractivity contribution >= 4 is 21.6 Å². The van der Waals surface area contributed by atoms with Crippen LogP contribution in [0.1, 0.15) is 33.1 Å². The number of nitrogens with one attached hydrogen (secondary N) is 1. The lowest BCUT2D eigenvalue weighted by Crippen LogP contribution is -2.40. The summed E-state index contributed by atoms with van der Waals surface area (Å²) in [6.07, 6.45) is 2.42. The smallest absolute Gasteiger partial charge is 0.243 e. The fraction of sp³-hybridized carbons (Fsp3) is 0.562. The molecule has 2 rings (SSSR count). The van der Waals surface area contributed by atoms with Gasteiger partial charge in [-0.3, -0.25) is 4.79 Å². The number of anilines is 1. The van der Waals surface area contributed by atoms with Crippen LogP contribution in [0.2, 0.25) is 0 Å². The summed E-state index contributed by atoms with van der Waals surface area (Å²) in [4.78, 5) is 12.2. The fourth-order valence-corrected chi connectivity index (χ4v) is 4.13. The van der Waals surface area contributed by atoms with Crippen molar-refractivity contribution in [3.8, 4) is 5.75 Å². The van der Waals surface area contributed by atoms with E-state index in [1.54, 1.807) is 0 Å². The number of aromatic hydroxyl groups is 1. The number of carbonyl (C=O) groups is 1. The number of phenols is 1. The van der Waals surface area contributed by atoms with Crippen molar-refractivity contribution in [3.05, 3.63) is 18.2 Å². The van der Waals surface area contributed by atoms with E-state index in [4.69, 9.17) is 5.73 Å². The van der Waals surface area contributed by atoms with Crippen molar-refractivity contribution < 1.29 is 18.3 Å². The van der Waals surface area contributed by atoms with E-state index in [1.165, 1.54) is 22.5 Å². The third-order valence-electron chi connectivity index (χ3n) is 4.49. The van der Waals surface area contributed by atoms with E-state index < -0.39 is 22.0 Å². The summed E-state index contributed by atoms with van der Waals surface area (Å²) >= 11 is 0. The topological polar surface area (TPSA) is 113 Å². The third-order valence-corrected chi connectivity index (χ3v) is 6.38. The molecule has 1 aromatic rings. The highest BCUT2D eigenvalue weighted by molar-refractivity contribution is 7.89. The number of benzene rings is 1. The predicted octanol–water partition coefficient (Wildman–Crippen LogP) is 1.49. The highest BCUT2D eigenvalue weighted by Gasteiger charge is 2.28. The van der Waals surface area contributed by atoms with E-state index in [9.17, 15) is 18.3 Å². The third kappa shape index (κ3) is 3.88. The molecule has 0 spiro atoms. The summed E-state index contributed by atoms with van der Waals surface area (Å²) in [5.41, 5.74) is 5.93. The van der Waals surface area contributed by atoms with Gasteiger partial charge in [0, 0.05) is 13.1 Å². The number of hydrogen-bond donors (Lipinski definition) is 3. The highest BCUT2D eigenvalue weighted by Crippen LogP contribution is 2.29. The number of carbonyl (C=O) groups excluding carboxylic acids is 1. The Balaban J connectivity index is 2.24. The lowest BCUT2D eigenvalue weighted by atomic mass is 9.99. The number of nitrogens with zero attached hydrogens (tertiary/aromatic N) is 1. The second-order valence-electron chi connectivity index (χ2n) is 6.19. The molecule has 0 aromatic heterocycles. The Bertz CT molecular complexity index is 699. The van der Waals surface area contributed by atoms with E-state index in [2.05, 4.69) is 5.32 Å². The molecule has 7 nitrogen and oxygen atoms in total. The largest absolute Gasteiger partial charge is 0.506 e. The summed E-state index contributed by atoms with van der Waals surface area (Å²) in [7, 11) is -3.62. The lowest BCUT2D eigenvalue weighted by Gasteiger charge is -2.19.